The highest BCUT2D eigenvalue weighted by Gasteiger charge is 2.45. The second-order valence-corrected chi connectivity index (χ2v) is 12.6. The third kappa shape index (κ3) is 3.69. The van der Waals surface area contributed by atoms with Crippen molar-refractivity contribution in [3.8, 4) is 11.3 Å². The summed E-state index contributed by atoms with van der Waals surface area (Å²) < 4.78 is 94.0. The van der Waals surface area contributed by atoms with Gasteiger partial charge in [0.15, 0.2) is 9.84 Å². The van der Waals surface area contributed by atoms with Crippen LogP contribution in [0.5, 0.6) is 0 Å². The first kappa shape index (κ1) is 22.5. The number of hydrogen-bond donors (Lipinski definition) is 1. The Hall–Kier alpha value is -2.25. The fraction of sp³-hybridized carbons (Fsp3) is 0.500. The van der Waals surface area contributed by atoms with Gasteiger partial charge in [0.25, 0.3) is 5.92 Å². The minimum Gasteiger partial charge on any atom is -0.332 e. The van der Waals surface area contributed by atoms with Crippen LogP contribution < -0.4 is 9.62 Å². The Labute approximate surface area is 189 Å². The molecular formula is C20H21F3N4O4S2. The minimum atomic E-state index is -3.81. The first-order chi connectivity index (χ1) is 15.3. The Morgan fingerprint density at radius 3 is 2.61 bits per heavy atom. The second kappa shape index (κ2) is 7.12. The summed E-state index contributed by atoms with van der Waals surface area (Å²) in [6.45, 7) is 1.60. The quantitative estimate of drug-likeness (QED) is 0.682. The topological polar surface area (TPSA) is 109 Å². The van der Waals surface area contributed by atoms with Crippen LogP contribution >= 0.6 is 0 Å². The average Bonchev–Trinajstić information content (AvgIpc) is 3.16. The van der Waals surface area contributed by atoms with Gasteiger partial charge in [-0.15, -0.1) is 0 Å². The molecule has 0 radical (unpaired) electrons. The van der Waals surface area contributed by atoms with E-state index in [0.717, 1.165) is 6.26 Å². The molecule has 3 aliphatic rings. The third-order valence-corrected chi connectivity index (χ3v) is 8.92. The summed E-state index contributed by atoms with van der Waals surface area (Å²) in [5.41, 5.74) is 0.586. The van der Waals surface area contributed by atoms with Gasteiger partial charge in [0, 0.05) is 17.5 Å². The first-order valence-electron chi connectivity index (χ1n) is 10.3. The molecule has 2 aliphatic heterocycles. The Bertz CT molecular complexity index is 1380. The number of nitrogens with zero attached hydrogens (tertiary/aromatic N) is 3. The average molecular weight is 503 g/mol. The molecule has 0 saturated carbocycles. The van der Waals surface area contributed by atoms with Crippen molar-refractivity contribution < 1.29 is 30.0 Å². The largest absolute Gasteiger partial charge is 0.332 e. The van der Waals surface area contributed by atoms with E-state index in [-0.39, 0.29) is 40.6 Å². The summed E-state index contributed by atoms with van der Waals surface area (Å²) in [7, 11) is -7.47. The lowest BCUT2D eigenvalue weighted by Crippen LogP contribution is -2.57. The van der Waals surface area contributed by atoms with Crippen LogP contribution in [-0.2, 0) is 32.2 Å². The monoisotopic (exact) mass is 502 g/mol. The van der Waals surface area contributed by atoms with Gasteiger partial charge in [-0.1, -0.05) is 12.1 Å². The molecule has 8 nitrogen and oxygen atoms in total. The zero-order valence-corrected chi connectivity index (χ0v) is 19.4. The standard InChI is InChI=1S/C20H21F3N4O4S2/c1-10-14(21)8-27(10)19-24-17(13-5-6-20(22,23)18(13)25-19)11-3-4-12-15(26-32(2,28)29)9-33(30,31)16(12)7-11/h3-4,7,10,14-15,26H,5-6,8-9H2,1-2H3/t10-,14+,15+/m0/s1. The number of anilines is 1. The maximum Gasteiger partial charge on any atom is 0.290 e. The third-order valence-electron chi connectivity index (χ3n) is 6.41. The predicted octanol–water partition coefficient (Wildman–Crippen LogP) is 2.11. The number of sulfonamides is 1. The summed E-state index contributed by atoms with van der Waals surface area (Å²) in [6, 6.07) is 2.86. The lowest BCUT2D eigenvalue weighted by Gasteiger charge is -2.42. The molecule has 1 aromatic heterocycles. The Morgan fingerprint density at radius 1 is 1.24 bits per heavy atom. The molecule has 2 aromatic rings. The molecule has 1 aromatic carbocycles. The van der Waals surface area contributed by atoms with Crippen LogP contribution in [0.4, 0.5) is 19.1 Å². The van der Waals surface area contributed by atoms with Crippen LogP contribution in [-0.4, -0.2) is 57.6 Å². The van der Waals surface area contributed by atoms with Crippen molar-refractivity contribution in [1.29, 1.82) is 0 Å². The lowest BCUT2D eigenvalue weighted by atomic mass is 10.0. The molecule has 3 atom stereocenters. The van der Waals surface area contributed by atoms with Gasteiger partial charge in [-0.2, -0.15) is 8.78 Å². The predicted molar refractivity (Wildman–Crippen MR) is 114 cm³/mol. The maximum atomic E-state index is 14.6. The smallest absolute Gasteiger partial charge is 0.290 e. The molecule has 1 saturated heterocycles. The maximum absolute atomic E-state index is 14.6. The molecule has 0 amide bonds. The van der Waals surface area contributed by atoms with Crippen molar-refractivity contribution in [2.24, 2.45) is 0 Å². The molecule has 3 heterocycles. The van der Waals surface area contributed by atoms with Crippen LogP contribution in [0, 0.1) is 0 Å². The molecule has 0 unspecified atom stereocenters. The fourth-order valence-corrected chi connectivity index (χ4v) is 7.19. The van der Waals surface area contributed by atoms with Gasteiger partial charge in [-0.25, -0.2) is 35.9 Å². The van der Waals surface area contributed by atoms with Crippen molar-refractivity contribution in [2.45, 2.75) is 48.8 Å². The van der Waals surface area contributed by atoms with E-state index in [4.69, 9.17) is 0 Å². The molecule has 178 valence electrons. The SMILES string of the molecule is C[C@H]1[C@H](F)CN1c1nc(-c2ccc3c(c2)S(=O)(=O)C[C@H]3NS(C)(=O)=O)c2c(n1)C(F)(F)CC2. The summed E-state index contributed by atoms with van der Waals surface area (Å²) in [5.74, 6) is -3.63. The van der Waals surface area contributed by atoms with Crippen molar-refractivity contribution in [2.75, 3.05) is 23.5 Å². The highest BCUT2D eigenvalue weighted by Crippen LogP contribution is 2.46. The number of fused-ring (bicyclic) bond motifs is 2. The van der Waals surface area contributed by atoms with E-state index in [1.54, 1.807) is 6.92 Å². The van der Waals surface area contributed by atoms with Gasteiger partial charge >= 0.3 is 0 Å². The summed E-state index contributed by atoms with van der Waals surface area (Å²) in [6.07, 6.45) is -0.605. The van der Waals surface area contributed by atoms with E-state index in [9.17, 15) is 30.0 Å². The van der Waals surface area contributed by atoms with Crippen LogP contribution in [0.2, 0.25) is 0 Å². The Balaban J connectivity index is 1.64. The number of halogens is 3. The number of benzene rings is 1. The van der Waals surface area contributed by atoms with Gasteiger partial charge in [0.1, 0.15) is 11.9 Å². The number of alkyl halides is 3. The van der Waals surface area contributed by atoms with Gasteiger partial charge in [-0.3, -0.25) is 0 Å². The molecule has 0 spiro atoms. The molecule has 1 fully saturated rings. The van der Waals surface area contributed by atoms with E-state index >= 15 is 0 Å². The Kier molecular flexibility index (Phi) is 4.87. The molecule has 5 rings (SSSR count). The van der Waals surface area contributed by atoms with E-state index in [1.807, 2.05) is 0 Å². The van der Waals surface area contributed by atoms with Crippen LogP contribution in [0.1, 0.15) is 36.2 Å². The fourth-order valence-electron chi connectivity index (χ4n) is 4.60. The summed E-state index contributed by atoms with van der Waals surface area (Å²) >= 11 is 0. The van der Waals surface area contributed by atoms with Crippen LogP contribution in [0.3, 0.4) is 0 Å². The second-order valence-electron chi connectivity index (χ2n) is 8.79. The summed E-state index contributed by atoms with van der Waals surface area (Å²) in [4.78, 5) is 9.93. The van der Waals surface area contributed by atoms with Crippen LogP contribution in [0.15, 0.2) is 23.1 Å². The van der Waals surface area contributed by atoms with Gasteiger partial charge in [0.2, 0.25) is 16.0 Å². The zero-order chi connectivity index (χ0) is 23.9. The van der Waals surface area contributed by atoms with Crippen molar-refractivity contribution >= 4 is 25.8 Å². The number of hydrogen-bond acceptors (Lipinski definition) is 7. The van der Waals surface area contributed by atoms with Crippen molar-refractivity contribution in [1.82, 2.24) is 14.7 Å². The van der Waals surface area contributed by atoms with Crippen molar-refractivity contribution in [3.05, 3.63) is 35.0 Å². The lowest BCUT2D eigenvalue weighted by molar-refractivity contribution is -0.00598. The van der Waals surface area contributed by atoms with E-state index in [2.05, 4.69) is 14.7 Å². The van der Waals surface area contributed by atoms with E-state index in [1.165, 1.54) is 23.1 Å². The van der Waals surface area contributed by atoms with Gasteiger partial charge < -0.3 is 4.90 Å². The van der Waals surface area contributed by atoms with Gasteiger partial charge in [-0.05, 0) is 25.0 Å². The number of rotatable bonds is 4. The zero-order valence-electron chi connectivity index (χ0n) is 17.7. The van der Waals surface area contributed by atoms with Gasteiger partial charge in [0.05, 0.1) is 41.2 Å². The normalized spacial score (nSPS) is 27.2. The molecule has 1 N–H and O–H groups in total. The molecule has 33 heavy (non-hydrogen) atoms. The number of nitrogens with one attached hydrogen (secondary N) is 1. The number of sulfone groups is 1. The number of aromatic nitrogens is 2. The molecule has 13 heteroatoms. The molecular weight excluding hydrogens is 481 g/mol. The molecule has 0 bridgehead atoms. The van der Waals surface area contributed by atoms with E-state index < -0.39 is 61.9 Å². The molecule has 1 aliphatic carbocycles. The minimum absolute atomic E-state index is 0.0115. The Morgan fingerprint density at radius 2 is 1.97 bits per heavy atom. The summed E-state index contributed by atoms with van der Waals surface area (Å²) in [5, 5.41) is 0. The van der Waals surface area contributed by atoms with Crippen molar-refractivity contribution in [3.63, 3.8) is 0 Å². The highest BCUT2D eigenvalue weighted by molar-refractivity contribution is 7.92. The van der Waals surface area contributed by atoms with Crippen LogP contribution in [0.25, 0.3) is 11.3 Å². The first-order valence-corrected chi connectivity index (χ1v) is 13.9. The highest BCUT2D eigenvalue weighted by atomic mass is 32.2. The van der Waals surface area contributed by atoms with E-state index in [0.29, 0.717) is 5.56 Å².